The molecule has 0 aliphatic heterocycles. The second-order valence-electron chi connectivity index (χ2n) is 6.89. The average Bonchev–Trinajstić information content (AvgIpc) is 2.89. The molecule has 106 valence electrons. The molecule has 3 heteroatoms. The number of fused-ring (bicyclic) bond motifs is 1. The van der Waals surface area contributed by atoms with Crippen molar-refractivity contribution < 1.29 is 0 Å². The van der Waals surface area contributed by atoms with Gasteiger partial charge in [0.25, 0.3) is 0 Å². The summed E-state index contributed by atoms with van der Waals surface area (Å²) >= 11 is 1.72. The van der Waals surface area contributed by atoms with Crippen LogP contribution in [0.3, 0.4) is 0 Å². The normalized spacial score (nSPS) is 22.6. The van der Waals surface area contributed by atoms with Crippen molar-refractivity contribution in [2.45, 2.75) is 51.0 Å². The number of thiazole rings is 1. The zero-order valence-corrected chi connectivity index (χ0v) is 13.3. The molecule has 20 heavy (non-hydrogen) atoms. The summed E-state index contributed by atoms with van der Waals surface area (Å²) in [5.41, 5.74) is 10.5. The molecule has 2 nitrogen and oxygen atoms in total. The van der Waals surface area contributed by atoms with Gasteiger partial charge in [-0.3, -0.25) is 0 Å². The van der Waals surface area contributed by atoms with E-state index in [4.69, 9.17) is 10.7 Å². The van der Waals surface area contributed by atoms with Crippen molar-refractivity contribution in [1.82, 2.24) is 4.98 Å². The van der Waals surface area contributed by atoms with Gasteiger partial charge < -0.3 is 5.73 Å². The number of nitrogens with two attached hydrogens (primary N) is 1. The highest BCUT2D eigenvalue weighted by molar-refractivity contribution is 7.09. The summed E-state index contributed by atoms with van der Waals surface area (Å²) in [5, 5.41) is 3.27. The van der Waals surface area contributed by atoms with Gasteiger partial charge in [-0.2, -0.15) is 0 Å². The van der Waals surface area contributed by atoms with Crippen molar-refractivity contribution in [2.75, 3.05) is 0 Å². The van der Waals surface area contributed by atoms with Crippen LogP contribution >= 0.6 is 11.3 Å². The van der Waals surface area contributed by atoms with E-state index >= 15 is 0 Å². The molecule has 0 saturated heterocycles. The summed E-state index contributed by atoms with van der Waals surface area (Å²) in [4.78, 5) is 4.84. The highest BCUT2D eigenvalue weighted by Gasteiger charge is 2.35. The lowest BCUT2D eigenvalue weighted by atomic mass is 9.79. The molecular formula is C17H22N2S. The van der Waals surface area contributed by atoms with Crippen LogP contribution < -0.4 is 5.73 Å². The molecule has 0 bridgehead atoms. The minimum absolute atomic E-state index is 0.0949. The van der Waals surface area contributed by atoms with Crippen molar-refractivity contribution >= 4 is 11.3 Å². The Bertz CT molecular complexity index is 624. The summed E-state index contributed by atoms with van der Waals surface area (Å²) in [7, 11) is 0. The second kappa shape index (κ2) is 4.68. The molecule has 0 spiro atoms. The molecule has 1 aliphatic rings. The smallest absolute Gasteiger partial charge is 0.113 e. The van der Waals surface area contributed by atoms with Gasteiger partial charge in [0, 0.05) is 10.8 Å². The number of hydrogen-bond donors (Lipinski definition) is 1. The van der Waals surface area contributed by atoms with Gasteiger partial charge in [0.05, 0.1) is 11.2 Å². The quantitative estimate of drug-likeness (QED) is 0.866. The summed E-state index contributed by atoms with van der Waals surface area (Å²) in [6, 6.07) is 8.64. The minimum Gasteiger partial charge on any atom is -0.319 e. The molecule has 0 saturated carbocycles. The molecule has 1 aromatic heterocycles. The predicted molar refractivity (Wildman–Crippen MR) is 85.1 cm³/mol. The molecule has 2 N–H and O–H groups in total. The first kappa shape index (κ1) is 13.8. The Morgan fingerprint density at radius 1 is 1.20 bits per heavy atom. The first-order chi connectivity index (χ1) is 9.38. The van der Waals surface area contributed by atoms with Crippen molar-refractivity contribution in [2.24, 2.45) is 5.73 Å². The second-order valence-corrected chi connectivity index (χ2v) is 7.75. The number of aryl methyl sites for hydroxylation is 1. The number of benzene rings is 1. The molecule has 1 aromatic carbocycles. The molecule has 2 aromatic rings. The van der Waals surface area contributed by atoms with E-state index in [1.54, 1.807) is 11.3 Å². The van der Waals surface area contributed by atoms with E-state index < -0.39 is 0 Å². The molecule has 1 heterocycles. The lowest BCUT2D eigenvalue weighted by Crippen LogP contribution is -2.42. The lowest BCUT2D eigenvalue weighted by Gasteiger charge is -2.33. The van der Waals surface area contributed by atoms with Gasteiger partial charge in [-0.25, -0.2) is 4.98 Å². The van der Waals surface area contributed by atoms with Crippen LogP contribution in [0.5, 0.6) is 0 Å². The van der Waals surface area contributed by atoms with Crippen LogP contribution in [-0.2, 0) is 23.8 Å². The minimum atomic E-state index is -0.289. The molecule has 1 unspecified atom stereocenters. The Hall–Kier alpha value is -1.19. The summed E-state index contributed by atoms with van der Waals surface area (Å²) in [5.74, 6) is 0. The van der Waals surface area contributed by atoms with E-state index in [2.05, 4.69) is 50.4 Å². The predicted octanol–water partition coefficient (Wildman–Crippen LogP) is 3.78. The average molecular weight is 286 g/mol. The fourth-order valence-electron chi connectivity index (χ4n) is 2.79. The van der Waals surface area contributed by atoms with Crippen LogP contribution in [0.15, 0.2) is 29.6 Å². The molecular weight excluding hydrogens is 264 g/mol. The van der Waals surface area contributed by atoms with E-state index in [-0.39, 0.29) is 11.0 Å². The van der Waals surface area contributed by atoms with Crippen LogP contribution in [0.1, 0.15) is 49.0 Å². The maximum atomic E-state index is 6.70. The maximum Gasteiger partial charge on any atom is 0.113 e. The van der Waals surface area contributed by atoms with Crippen LogP contribution in [0.25, 0.3) is 0 Å². The van der Waals surface area contributed by atoms with Crippen LogP contribution in [0, 0.1) is 0 Å². The first-order valence-electron chi connectivity index (χ1n) is 7.21. The van der Waals surface area contributed by atoms with Gasteiger partial charge in [-0.05, 0) is 30.4 Å². The largest absolute Gasteiger partial charge is 0.319 e. The van der Waals surface area contributed by atoms with Crippen molar-refractivity contribution in [3.05, 3.63) is 51.5 Å². The summed E-state index contributed by atoms with van der Waals surface area (Å²) in [6.45, 7) is 6.60. The molecule has 1 aliphatic carbocycles. The van der Waals surface area contributed by atoms with Gasteiger partial charge in [0.15, 0.2) is 0 Å². The number of hydrogen-bond acceptors (Lipinski definition) is 3. The summed E-state index contributed by atoms with van der Waals surface area (Å²) in [6.07, 6.45) is 2.94. The van der Waals surface area contributed by atoms with Gasteiger partial charge in [0.1, 0.15) is 5.01 Å². The zero-order chi connectivity index (χ0) is 14.4. The molecule has 3 rings (SSSR count). The lowest BCUT2D eigenvalue weighted by molar-refractivity contribution is 0.381. The van der Waals surface area contributed by atoms with E-state index in [1.165, 1.54) is 11.1 Å². The van der Waals surface area contributed by atoms with Crippen LogP contribution in [-0.4, -0.2) is 4.98 Å². The fraction of sp³-hybridized carbons (Fsp3) is 0.471. The Kier molecular flexibility index (Phi) is 3.22. The number of rotatable bonds is 1. The van der Waals surface area contributed by atoms with Gasteiger partial charge in [-0.15, -0.1) is 11.3 Å². The third-order valence-corrected chi connectivity index (χ3v) is 5.23. The number of aromatic nitrogens is 1. The Labute approximate surface area is 125 Å². The van der Waals surface area contributed by atoms with E-state index in [0.29, 0.717) is 0 Å². The van der Waals surface area contributed by atoms with Gasteiger partial charge >= 0.3 is 0 Å². The first-order valence-corrected chi connectivity index (χ1v) is 8.09. The van der Waals surface area contributed by atoms with Gasteiger partial charge in [0.2, 0.25) is 0 Å². The van der Waals surface area contributed by atoms with E-state index in [9.17, 15) is 0 Å². The third-order valence-electron chi connectivity index (χ3n) is 4.16. The van der Waals surface area contributed by atoms with Crippen molar-refractivity contribution in [3.63, 3.8) is 0 Å². The van der Waals surface area contributed by atoms with Crippen molar-refractivity contribution in [3.8, 4) is 0 Å². The fourth-order valence-corrected chi connectivity index (χ4v) is 3.98. The monoisotopic (exact) mass is 286 g/mol. The van der Waals surface area contributed by atoms with E-state index in [1.807, 2.05) is 0 Å². The van der Waals surface area contributed by atoms with E-state index in [0.717, 1.165) is 30.0 Å². The maximum absolute atomic E-state index is 6.70. The van der Waals surface area contributed by atoms with Crippen LogP contribution in [0.4, 0.5) is 0 Å². The summed E-state index contributed by atoms with van der Waals surface area (Å²) < 4.78 is 0. The van der Waals surface area contributed by atoms with Gasteiger partial charge in [-0.1, -0.05) is 45.0 Å². The Morgan fingerprint density at radius 2 is 1.90 bits per heavy atom. The van der Waals surface area contributed by atoms with Crippen molar-refractivity contribution in [1.29, 1.82) is 0 Å². The zero-order valence-electron chi connectivity index (χ0n) is 12.4. The highest BCUT2D eigenvalue weighted by atomic mass is 32.1. The number of nitrogens with zero attached hydrogens (tertiary/aromatic N) is 1. The molecule has 0 radical (unpaired) electrons. The topological polar surface area (TPSA) is 38.9 Å². The SMILES string of the molecule is CC(C)(C)c1csc(C2(N)CCc3ccccc3C2)n1. The third kappa shape index (κ3) is 2.40. The molecule has 0 fully saturated rings. The molecule has 1 atom stereocenters. The molecule has 0 amide bonds. The highest BCUT2D eigenvalue weighted by Crippen LogP contribution is 2.37. The van der Waals surface area contributed by atoms with Crippen LogP contribution in [0.2, 0.25) is 0 Å². The Morgan fingerprint density at radius 3 is 2.55 bits per heavy atom. The standard InChI is InChI=1S/C17H22N2S/c1-16(2,3)14-11-20-15(19-14)17(18)9-8-12-6-4-5-7-13(12)10-17/h4-7,11H,8-10,18H2,1-3H3. The Balaban J connectivity index is 1.93.